The molecule has 0 fully saturated rings. The molecule has 0 saturated carbocycles. The molecule has 1 aromatic heterocycles. The Kier molecular flexibility index (Phi) is 4.06. The van der Waals surface area contributed by atoms with Crippen LogP contribution >= 0.6 is 11.6 Å². The van der Waals surface area contributed by atoms with Crippen LogP contribution in [0.25, 0.3) is 16.6 Å². The van der Waals surface area contributed by atoms with Crippen LogP contribution in [0, 0.1) is 17.1 Å². The molecule has 0 amide bonds. The van der Waals surface area contributed by atoms with E-state index in [2.05, 4.69) is 4.98 Å². The number of hydrogen-bond acceptors (Lipinski definition) is 4. The molecule has 24 heavy (non-hydrogen) atoms. The topological polar surface area (TPSA) is 84.7 Å². The average molecular weight is 343 g/mol. The van der Waals surface area contributed by atoms with Crippen molar-refractivity contribution in [2.24, 2.45) is 5.73 Å². The van der Waals surface area contributed by atoms with E-state index < -0.39 is 17.4 Å². The summed E-state index contributed by atoms with van der Waals surface area (Å²) in [5.41, 5.74) is 6.16. The maximum absolute atomic E-state index is 13.8. The summed E-state index contributed by atoms with van der Waals surface area (Å²) < 4.78 is 15.0. The minimum Gasteiger partial charge on any atom is -0.322 e. The van der Waals surface area contributed by atoms with Gasteiger partial charge in [-0.2, -0.15) is 5.26 Å². The number of hydrogen-bond donors (Lipinski definition) is 1. The third-order valence-corrected chi connectivity index (χ3v) is 3.86. The van der Waals surface area contributed by atoms with Crippen LogP contribution in [0.1, 0.15) is 24.4 Å². The molecule has 5 nitrogen and oxygen atoms in total. The van der Waals surface area contributed by atoms with E-state index in [1.807, 2.05) is 6.07 Å². The van der Waals surface area contributed by atoms with Crippen molar-refractivity contribution in [1.29, 1.82) is 5.26 Å². The molecule has 1 atom stereocenters. The molecule has 0 aliphatic heterocycles. The van der Waals surface area contributed by atoms with Crippen molar-refractivity contribution >= 4 is 22.5 Å². The lowest BCUT2D eigenvalue weighted by Gasteiger charge is -2.16. The molecule has 0 aliphatic carbocycles. The summed E-state index contributed by atoms with van der Waals surface area (Å²) >= 11 is 6.13. The standard InChI is InChI=1S/C17H12ClFN4O/c1-9(21)16-22-14-4-2-3-13(18)15(14)17(24)23(16)12-6-10(8-20)5-11(19)7-12/h2-7,9H,21H2,1H3/t9-/m0/s1. The van der Waals surface area contributed by atoms with Gasteiger partial charge in [0.2, 0.25) is 0 Å². The van der Waals surface area contributed by atoms with Gasteiger partial charge in [0, 0.05) is 0 Å². The van der Waals surface area contributed by atoms with Gasteiger partial charge in [0.1, 0.15) is 11.6 Å². The van der Waals surface area contributed by atoms with E-state index in [-0.39, 0.29) is 27.5 Å². The number of benzene rings is 2. The predicted octanol–water partition coefficient (Wildman–Crippen LogP) is 3.07. The number of nitrogens with zero attached hydrogens (tertiary/aromatic N) is 3. The molecule has 0 saturated heterocycles. The van der Waals surface area contributed by atoms with Gasteiger partial charge in [-0.3, -0.25) is 9.36 Å². The van der Waals surface area contributed by atoms with Gasteiger partial charge in [-0.15, -0.1) is 0 Å². The smallest absolute Gasteiger partial charge is 0.267 e. The van der Waals surface area contributed by atoms with Gasteiger partial charge in [-0.25, -0.2) is 9.37 Å². The van der Waals surface area contributed by atoms with Gasteiger partial charge in [0.05, 0.1) is 39.3 Å². The van der Waals surface area contributed by atoms with E-state index >= 15 is 0 Å². The van der Waals surface area contributed by atoms with Crippen LogP contribution in [0.3, 0.4) is 0 Å². The molecular weight excluding hydrogens is 331 g/mol. The summed E-state index contributed by atoms with van der Waals surface area (Å²) in [6, 6.07) is 9.83. The maximum atomic E-state index is 13.8. The fourth-order valence-corrected chi connectivity index (χ4v) is 2.78. The molecule has 3 rings (SSSR count). The van der Waals surface area contributed by atoms with Gasteiger partial charge >= 0.3 is 0 Å². The lowest BCUT2D eigenvalue weighted by Crippen LogP contribution is -2.27. The van der Waals surface area contributed by atoms with E-state index in [4.69, 9.17) is 22.6 Å². The van der Waals surface area contributed by atoms with Crippen LogP contribution < -0.4 is 11.3 Å². The highest BCUT2D eigenvalue weighted by molar-refractivity contribution is 6.35. The summed E-state index contributed by atoms with van der Waals surface area (Å²) in [5.74, 6) is -0.380. The Morgan fingerprint density at radius 1 is 1.38 bits per heavy atom. The van der Waals surface area contributed by atoms with Crippen molar-refractivity contribution in [3.8, 4) is 11.8 Å². The molecule has 0 spiro atoms. The van der Waals surface area contributed by atoms with Crippen molar-refractivity contribution in [2.75, 3.05) is 0 Å². The largest absolute Gasteiger partial charge is 0.322 e. The van der Waals surface area contributed by atoms with E-state index in [0.29, 0.717) is 5.52 Å². The highest BCUT2D eigenvalue weighted by Gasteiger charge is 2.18. The SMILES string of the molecule is C[C@H](N)c1nc2cccc(Cl)c2c(=O)n1-c1cc(F)cc(C#N)c1. The second-order valence-electron chi connectivity index (χ2n) is 5.34. The maximum Gasteiger partial charge on any atom is 0.267 e. The first-order valence-corrected chi connectivity index (χ1v) is 7.48. The zero-order chi connectivity index (χ0) is 17.4. The minimum absolute atomic E-state index is 0.0896. The van der Waals surface area contributed by atoms with Crippen molar-refractivity contribution in [3.63, 3.8) is 0 Å². The number of fused-ring (bicyclic) bond motifs is 1. The van der Waals surface area contributed by atoms with Gasteiger partial charge < -0.3 is 5.73 Å². The summed E-state index contributed by atoms with van der Waals surface area (Å²) in [4.78, 5) is 17.4. The van der Waals surface area contributed by atoms with Crippen molar-refractivity contribution in [1.82, 2.24) is 9.55 Å². The van der Waals surface area contributed by atoms with Gasteiger partial charge in [0.15, 0.2) is 0 Å². The second-order valence-corrected chi connectivity index (χ2v) is 5.75. The van der Waals surface area contributed by atoms with Crippen LogP contribution in [0.15, 0.2) is 41.2 Å². The van der Waals surface area contributed by atoms with Crippen LogP contribution in [-0.4, -0.2) is 9.55 Å². The highest BCUT2D eigenvalue weighted by atomic mass is 35.5. The van der Waals surface area contributed by atoms with E-state index in [9.17, 15) is 9.18 Å². The van der Waals surface area contributed by atoms with Crippen molar-refractivity contribution < 1.29 is 4.39 Å². The molecule has 0 aliphatic rings. The quantitative estimate of drug-likeness (QED) is 0.775. The Morgan fingerprint density at radius 3 is 2.79 bits per heavy atom. The summed E-state index contributed by atoms with van der Waals surface area (Å²) in [6.45, 7) is 1.67. The van der Waals surface area contributed by atoms with Gasteiger partial charge in [-0.1, -0.05) is 17.7 Å². The normalized spacial score (nSPS) is 12.1. The van der Waals surface area contributed by atoms with E-state index in [0.717, 1.165) is 12.1 Å². The number of nitriles is 1. The highest BCUT2D eigenvalue weighted by Crippen LogP contribution is 2.22. The third kappa shape index (κ3) is 2.64. The third-order valence-electron chi connectivity index (χ3n) is 3.55. The van der Waals surface area contributed by atoms with Crippen LogP contribution in [0.2, 0.25) is 5.02 Å². The summed E-state index contributed by atoms with van der Waals surface area (Å²) in [6.07, 6.45) is 0. The van der Waals surface area contributed by atoms with E-state index in [1.54, 1.807) is 25.1 Å². The molecular formula is C17H12ClFN4O. The monoisotopic (exact) mass is 342 g/mol. The molecule has 7 heteroatoms. The molecule has 1 heterocycles. The lowest BCUT2D eigenvalue weighted by atomic mass is 10.1. The zero-order valence-electron chi connectivity index (χ0n) is 12.6. The molecule has 0 radical (unpaired) electrons. The average Bonchev–Trinajstić information content (AvgIpc) is 2.53. The van der Waals surface area contributed by atoms with Crippen LogP contribution in [0.5, 0.6) is 0 Å². The second kappa shape index (κ2) is 6.04. The van der Waals surface area contributed by atoms with Crippen molar-refractivity contribution in [2.45, 2.75) is 13.0 Å². The first-order chi connectivity index (χ1) is 11.4. The molecule has 2 aromatic carbocycles. The number of aromatic nitrogens is 2. The minimum atomic E-state index is -0.633. The zero-order valence-corrected chi connectivity index (χ0v) is 13.4. The Bertz CT molecular complexity index is 1050. The Hall–Kier alpha value is -2.75. The number of rotatable bonds is 2. The fraction of sp³-hybridized carbons (Fsp3) is 0.118. The number of nitrogens with two attached hydrogens (primary N) is 1. The van der Waals surface area contributed by atoms with Crippen LogP contribution in [0.4, 0.5) is 4.39 Å². The Balaban J connectivity index is 2.47. The molecule has 0 bridgehead atoms. The summed E-state index contributed by atoms with van der Waals surface area (Å²) in [7, 11) is 0. The van der Waals surface area contributed by atoms with E-state index in [1.165, 1.54) is 10.6 Å². The molecule has 3 aromatic rings. The Morgan fingerprint density at radius 2 is 2.12 bits per heavy atom. The molecule has 2 N–H and O–H groups in total. The molecule has 0 unspecified atom stereocenters. The predicted molar refractivity (Wildman–Crippen MR) is 89.6 cm³/mol. The first kappa shape index (κ1) is 16.1. The first-order valence-electron chi connectivity index (χ1n) is 7.10. The lowest BCUT2D eigenvalue weighted by molar-refractivity contribution is 0.623. The van der Waals surface area contributed by atoms with Gasteiger partial charge in [-0.05, 0) is 37.3 Å². The summed E-state index contributed by atoms with van der Waals surface area (Å²) in [5, 5.41) is 9.49. The molecule has 120 valence electrons. The van der Waals surface area contributed by atoms with Gasteiger partial charge in [0.25, 0.3) is 5.56 Å². The van der Waals surface area contributed by atoms with Crippen LogP contribution in [-0.2, 0) is 0 Å². The van der Waals surface area contributed by atoms with Crippen molar-refractivity contribution in [3.05, 3.63) is 69.0 Å². The Labute approximate surface area is 141 Å². The fourth-order valence-electron chi connectivity index (χ4n) is 2.53. The number of halogens is 2.